The molecule has 0 bridgehead atoms. The molecule has 0 aliphatic heterocycles. The van der Waals surface area contributed by atoms with Crippen LogP contribution in [-0.2, 0) is 17.8 Å². The van der Waals surface area contributed by atoms with E-state index >= 15 is 0 Å². The van der Waals surface area contributed by atoms with Crippen molar-refractivity contribution in [3.05, 3.63) is 59.2 Å². The lowest BCUT2D eigenvalue weighted by molar-refractivity contribution is -0.0260. The van der Waals surface area contributed by atoms with Crippen LogP contribution in [0.25, 0.3) is 21.5 Å². The first-order valence-corrected chi connectivity index (χ1v) is 10.9. The molecule has 0 fully saturated rings. The number of hydrogen-bond acceptors (Lipinski definition) is 2. The number of benzene rings is 3. The summed E-state index contributed by atoms with van der Waals surface area (Å²) in [7, 11) is 0. The van der Waals surface area contributed by atoms with E-state index in [1.165, 1.54) is 45.5 Å². The largest absolute Gasteiger partial charge is 0.392 e. The van der Waals surface area contributed by atoms with E-state index in [0.29, 0.717) is 12.0 Å². The zero-order chi connectivity index (χ0) is 19.7. The second kappa shape index (κ2) is 8.23. The molecule has 4 rings (SSSR count). The standard InChI is InChI=1S/C26H32O2/c1-4-5-8-17(2)28-25-14-13-23-21(18(25)3)11-12-24-22-10-7-6-9-19(22)15-20(16-27)26(23)24/h6-7,9-12,15,17-18,25,27H,4-5,8,13-14,16H2,1-3H3. The molecule has 1 aliphatic rings. The Morgan fingerprint density at radius 1 is 1.14 bits per heavy atom. The first kappa shape index (κ1) is 19.4. The topological polar surface area (TPSA) is 29.5 Å². The Bertz CT molecular complexity index is 975. The smallest absolute Gasteiger partial charge is 0.0688 e. The molecular formula is C26H32O2. The highest BCUT2D eigenvalue weighted by Gasteiger charge is 2.30. The second-order valence-electron chi connectivity index (χ2n) is 8.43. The number of fused-ring (bicyclic) bond motifs is 5. The molecule has 148 valence electrons. The lowest BCUT2D eigenvalue weighted by atomic mass is 9.78. The van der Waals surface area contributed by atoms with E-state index in [4.69, 9.17) is 4.74 Å². The molecule has 0 radical (unpaired) electrons. The van der Waals surface area contributed by atoms with Crippen molar-refractivity contribution in [3.8, 4) is 0 Å². The van der Waals surface area contributed by atoms with Gasteiger partial charge in [0.2, 0.25) is 0 Å². The van der Waals surface area contributed by atoms with Gasteiger partial charge >= 0.3 is 0 Å². The average Bonchev–Trinajstić information content (AvgIpc) is 2.73. The van der Waals surface area contributed by atoms with Gasteiger partial charge in [-0.3, -0.25) is 0 Å². The summed E-state index contributed by atoms with van der Waals surface area (Å²) in [4.78, 5) is 0. The maximum atomic E-state index is 10.1. The van der Waals surface area contributed by atoms with Crippen LogP contribution in [0.15, 0.2) is 42.5 Å². The number of unbranched alkanes of at least 4 members (excludes halogenated alkanes) is 1. The predicted octanol–water partition coefficient (Wildman–Crippen LogP) is 6.50. The third-order valence-electron chi connectivity index (χ3n) is 6.52. The van der Waals surface area contributed by atoms with Crippen LogP contribution in [0, 0.1) is 0 Å². The molecule has 2 heteroatoms. The lowest BCUT2D eigenvalue weighted by Gasteiger charge is -2.34. The van der Waals surface area contributed by atoms with Crippen LogP contribution >= 0.6 is 0 Å². The Kier molecular flexibility index (Phi) is 5.70. The van der Waals surface area contributed by atoms with Crippen molar-refractivity contribution in [1.29, 1.82) is 0 Å². The van der Waals surface area contributed by atoms with Crippen molar-refractivity contribution in [2.24, 2.45) is 0 Å². The fourth-order valence-electron chi connectivity index (χ4n) is 4.98. The monoisotopic (exact) mass is 376 g/mol. The van der Waals surface area contributed by atoms with Gasteiger partial charge in [0.05, 0.1) is 18.8 Å². The normalized spacial score (nSPS) is 20.4. The zero-order valence-corrected chi connectivity index (χ0v) is 17.4. The van der Waals surface area contributed by atoms with Crippen molar-refractivity contribution >= 4 is 21.5 Å². The highest BCUT2D eigenvalue weighted by Crippen LogP contribution is 2.41. The fourth-order valence-corrected chi connectivity index (χ4v) is 4.98. The highest BCUT2D eigenvalue weighted by molar-refractivity contribution is 6.10. The minimum atomic E-state index is 0.0835. The average molecular weight is 377 g/mol. The highest BCUT2D eigenvalue weighted by atomic mass is 16.5. The lowest BCUT2D eigenvalue weighted by Crippen LogP contribution is -2.30. The Labute approximate surface area is 168 Å². The van der Waals surface area contributed by atoms with Crippen molar-refractivity contribution in [3.63, 3.8) is 0 Å². The van der Waals surface area contributed by atoms with Crippen LogP contribution < -0.4 is 0 Å². The van der Waals surface area contributed by atoms with Gasteiger partial charge in [-0.15, -0.1) is 0 Å². The van der Waals surface area contributed by atoms with Crippen molar-refractivity contribution in [1.82, 2.24) is 0 Å². The summed E-state index contributed by atoms with van der Waals surface area (Å²) < 4.78 is 6.45. The Hall–Kier alpha value is -1.90. The van der Waals surface area contributed by atoms with Crippen LogP contribution in [-0.4, -0.2) is 17.3 Å². The van der Waals surface area contributed by atoms with Gasteiger partial charge in [-0.25, -0.2) is 0 Å². The van der Waals surface area contributed by atoms with E-state index in [1.54, 1.807) is 0 Å². The van der Waals surface area contributed by atoms with Crippen LogP contribution in [0.2, 0.25) is 0 Å². The van der Waals surface area contributed by atoms with Gasteiger partial charge in [0, 0.05) is 5.92 Å². The van der Waals surface area contributed by atoms with Gasteiger partial charge in [-0.1, -0.05) is 63.1 Å². The SMILES string of the molecule is CCCCC(C)OC1CCc2c(ccc3c2c(CO)cc2ccccc23)C1C. The van der Waals surface area contributed by atoms with E-state index in [-0.39, 0.29) is 12.7 Å². The molecule has 28 heavy (non-hydrogen) atoms. The number of aliphatic hydroxyl groups is 1. The van der Waals surface area contributed by atoms with Crippen molar-refractivity contribution < 1.29 is 9.84 Å². The maximum Gasteiger partial charge on any atom is 0.0688 e. The molecule has 3 unspecified atom stereocenters. The quantitative estimate of drug-likeness (QED) is 0.498. The van der Waals surface area contributed by atoms with Gasteiger partial charge < -0.3 is 9.84 Å². The maximum absolute atomic E-state index is 10.1. The summed E-state index contributed by atoms with van der Waals surface area (Å²) >= 11 is 0. The Morgan fingerprint density at radius 3 is 2.75 bits per heavy atom. The summed E-state index contributed by atoms with van der Waals surface area (Å²) in [6.07, 6.45) is 6.29. The van der Waals surface area contributed by atoms with Gasteiger partial charge in [0.1, 0.15) is 0 Å². The van der Waals surface area contributed by atoms with E-state index < -0.39 is 0 Å². The first-order chi connectivity index (χ1) is 13.6. The van der Waals surface area contributed by atoms with Gasteiger partial charge in [0.15, 0.2) is 0 Å². The number of aliphatic hydroxyl groups excluding tert-OH is 1. The molecule has 0 saturated carbocycles. The van der Waals surface area contributed by atoms with Crippen LogP contribution in [0.5, 0.6) is 0 Å². The molecule has 0 saturated heterocycles. The van der Waals surface area contributed by atoms with Crippen LogP contribution in [0.1, 0.15) is 69.1 Å². The molecule has 3 aromatic carbocycles. The minimum absolute atomic E-state index is 0.0835. The third-order valence-corrected chi connectivity index (χ3v) is 6.52. The summed E-state index contributed by atoms with van der Waals surface area (Å²) in [5.74, 6) is 0.384. The van der Waals surface area contributed by atoms with Gasteiger partial charge in [-0.2, -0.15) is 0 Å². The van der Waals surface area contributed by atoms with Crippen molar-refractivity contribution in [2.75, 3.05) is 0 Å². The molecule has 2 nitrogen and oxygen atoms in total. The number of hydrogen-bond donors (Lipinski definition) is 1. The number of rotatable bonds is 6. The van der Waals surface area contributed by atoms with Crippen LogP contribution in [0.3, 0.4) is 0 Å². The second-order valence-corrected chi connectivity index (χ2v) is 8.43. The van der Waals surface area contributed by atoms with E-state index in [9.17, 15) is 5.11 Å². The third kappa shape index (κ3) is 3.44. The molecule has 0 amide bonds. The van der Waals surface area contributed by atoms with E-state index in [0.717, 1.165) is 24.8 Å². The minimum Gasteiger partial charge on any atom is -0.392 e. The molecule has 0 spiro atoms. The van der Waals surface area contributed by atoms with E-state index in [2.05, 4.69) is 63.2 Å². The van der Waals surface area contributed by atoms with Crippen LogP contribution in [0.4, 0.5) is 0 Å². The fraction of sp³-hybridized carbons (Fsp3) is 0.462. The van der Waals surface area contributed by atoms with E-state index in [1.807, 2.05) is 0 Å². The summed E-state index contributed by atoms with van der Waals surface area (Å²) in [5, 5.41) is 15.1. The zero-order valence-electron chi connectivity index (χ0n) is 17.4. The number of ether oxygens (including phenoxy) is 1. The summed E-state index contributed by atoms with van der Waals surface area (Å²) in [6.45, 7) is 6.84. The predicted molar refractivity (Wildman–Crippen MR) is 118 cm³/mol. The molecule has 3 atom stereocenters. The number of aryl methyl sites for hydroxylation is 1. The molecule has 0 heterocycles. The van der Waals surface area contributed by atoms with Gasteiger partial charge in [0.25, 0.3) is 0 Å². The Balaban J connectivity index is 1.75. The summed E-state index contributed by atoms with van der Waals surface area (Å²) in [5.41, 5.74) is 3.87. The molecule has 0 aromatic heterocycles. The van der Waals surface area contributed by atoms with Gasteiger partial charge in [-0.05, 0) is 70.5 Å². The molecule has 1 aliphatic carbocycles. The molecular weight excluding hydrogens is 344 g/mol. The first-order valence-electron chi connectivity index (χ1n) is 10.9. The molecule has 3 aromatic rings. The Morgan fingerprint density at radius 2 is 1.96 bits per heavy atom. The van der Waals surface area contributed by atoms with Crippen molar-refractivity contribution in [2.45, 2.75) is 77.6 Å². The summed E-state index contributed by atoms with van der Waals surface area (Å²) in [6, 6.07) is 15.2. The molecule has 1 N–H and O–H groups in total.